The SMILES string of the molecule is [2H]CC(CC)(CCCC)C([2H])(O)O. The second kappa shape index (κ2) is 4.73. The summed E-state index contributed by atoms with van der Waals surface area (Å²) in [6.07, 6.45) is 0.276. The summed E-state index contributed by atoms with van der Waals surface area (Å²) in [5, 5.41) is 18.5. The summed E-state index contributed by atoms with van der Waals surface area (Å²) in [6, 6.07) is 0. The van der Waals surface area contributed by atoms with Crippen LogP contribution in [0.3, 0.4) is 0 Å². The van der Waals surface area contributed by atoms with Gasteiger partial charge in [-0.2, -0.15) is 0 Å². The van der Waals surface area contributed by atoms with Gasteiger partial charge in [-0.1, -0.05) is 33.6 Å². The number of hydrogen-bond acceptors (Lipinski definition) is 2. The first-order valence-corrected chi connectivity index (χ1v) is 4.17. The molecule has 2 heteroatoms. The molecule has 0 aromatic rings. The predicted molar refractivity (Wildman–Crippen MR) is 46.1 cm³/mol. The van der Waals surface area contributed by atoms with E-state index in [2.05, 4.69) is 0 Å². The van der Waals surface area contributed by atoms with Gasteiger partial charge in [-0.3, -0.25) is 0 Å². The summed E-state index contributed by atoms with van der Waals surface area (Å²) < 4.78 is 14.5. The summed E-state index contributed by atoms with van der Waals surface area (Å²) in [7, 11) is 0. The van der Waals surface area contributed by atoms with Gasteiger partial charge in [0.05, 0.1) is 1.37 Å². The van der Waals surface area contributed by atoms with Crippen molar-refractivity contribution in [2.24, 2.45) is 5.41 Å². The van der Waals surface area contributed by atoms with Crippen LogP contribution in [-0.2, 0) is 0 Å². The van der Waals surface area contributed by atoms with Crippen molar-refractivity contribution in [3.63, 3.8) is 0 Å². The van der Waals surface area contributed by atoms with E-state index in [0.29, 0.717) is 12.8 Å². The second-order valence-corrected chi connectivity index (χ2v) is 3.06. The second-order valence-electron chi connectivity index (χ2n) is 3.06. The highest BCUT2D eigenvalue weighted by Gasteiger charge is 2.28. The third-order valence-corrected chi connectivity index (χ3v) is 2.16. The summed E-state index contributed by atoms with van der Waals surface area (Å²) in [5.74, 6) is 0. The molecule has 11 heavy (non-hydrogen) atoms. The molecule has 0 saturated heterocycles. The van der Waals surface area contributed by atoms with Crippen molar-refractivity contribution < 1.29 is 13.0 Å². The normalized spacial score (nSPS) is 20.4. The molecule has 0 spiro atoms. The Morgan fingerprint density at radius 1 is 1.55 bits per heavy atom. The number of aliphatic hydroxyl groups is 2. The maximum absolute atomic E-state index is 9.26. The molecule has 0 aliphatic rings. The predicted octanol–water partition coefficient (Wildman–Crippen LogP) is 1.90. The van der Waals surface area contributed by atoms with Gasteiger partial charge >= 0.3 is 0 Å². The van der Waals surface area contributed by atoms with Crippen LogP contribution in [0.4, 0.5) is 0 Å². The molecule has 0 aliphatic carbocycles. The molecule has 0 fully saturated rings. The van der Waals surface area contributed by atoms with Crippen molar-refractivity contribution in [1.82, 2.24) is 0 Å². The molecule has 0 rings (SSSR count). The van der Waals surface area contributed by atoms with E-state index in [1.165, 1.54) is 0 Å². The van der Waals surface area contributed by atoms with Gasteiger partial charge in [0, 0.05) is 6.79 Å². The Kier molecular flexibility index (Phi) is 3.25. The molecule has 2 nitrogen and oxygen atoms in total. The maximum Gasteiger partial charge on any atom is 0.156 e. The van der Waals surface area contributed by atoms with Crippen molar-refractivity contribution >= 4 is 0 Å². The van der Waals surface area contributed by atoms with E-state index in [0.717, 1.165) is 12.8 Å². The summed E-state index contributed by atoms with van der Waals surface area (Å²) in [6.45, 7) is 3.69. The van der Waals surface area contributed by atoms with E-state index in [9.17, 15) is 10.2 Å². The fraction of sp³-hybridized carbons (Fsp3) is 1.00. The van der Waals surface area contributed by atoms with Gasteiger partial charge in [-0.05, 0) is 12.8 Å². The molecule has 0 bridgehead atoms. The lowest BCUT2D eigenvalue weighted by Crippen LogP contribution is -2.31. The van der Waals surface area contributed by atoms with E-state index in [1.54, 1.807) is 6.92 Å². The van der Waals surface area contributed by atoms with Crippen molar-refractivity contribution in [1.29, 1.82) is 0 Å². The highest BCUT2D eigenvalue weighted by molar-refractivity contribution is 4.74. The average Bonchev–Trinajstić information content (AvgIpc) is 2.05. The minimum absolute atomic E-state index is 0.111. The Morgan fingerprint density at radius 3 is 2.45 bits per heavy atom. The van der Waals surface area contributed by atoms with E-state index in [-0.39, 0.29) is 6.90 Å². The zero-order chi connectivity index (χ0) is 10.5. The van der Waals surface area contributed by atoms with Gasteiger partial charge < -0.3 is 10.2 Å². The van der Waals surface area contributed by atoms with Crippen LogP contribution in [-0.4, -0.2) is 16.5 Å². The van der Waals surface area contributed by atoms with Gasteiger partial charge in [0.25, 0.3) is 0 Å². The quantitative estimate of drug-likeness (QED) is 0.606. The molecule has 0 aromatic carbocycles. The van der Waals surface area contributed by atoms with E-state index in [1.807, 2.05) is 6.92 Å². The molecule has 0 aromatic heterocycles. The Hall–Kier alpha value is -0.0800. The van der Waals surface area contributed by atoms with E-state index < -0.39 is 11.7 Å². The maximum atomic E-state index is 9.26. The molecule has 2 N–H and O–H groups in total. The fourth-order valence-corrected chi connectivity index (χ4v) is 0.962. The van der Waals surface area contributed by atoms with Crippen molar-refractivity contribution in [3.05, 3.63) is 0 Å². The molecule has 1 unspecified atom stereocenters. The summed E-state index contributed by atoms with van der Waals surface area (Å²) in [4.78, 5) is 0. The molecule has 0 amide bonds. The zero-order valence-corrected chi connectivity index (χ0v) is 7.43. The Morgan fingerprint density at radius 2 is 2.18 bits per heavy atom. The molecule has 68 valence electrons. The first-order valence-electron chi connectivity index (χ1n) is 5.38. The Balaban J connectivity index is 4.50. The molecular weight excluding hydrogens is 140 g/mol. The van der Waals surface area contributed by atoms with Crippen molar-refractivity contribution in [3.8, 4) is 0 Å². The summed E-state index contributed by atoms with van der Waals surface area (Å²) >= 11 is 0. The third-order valence-electron chi connectivity index (χ3n) is 2.16. The lowest BCUT2D eigenvalue weighted by atomic mass is 9.82. The fourth-order valence-electron chi connectivity index (χ4n) is 0.962. The van der Waals surface area contributed by atoms with Crippen LogP contribution in [0.2, 0.25) is 0 Å². The van der Waals surface area contributed by atoms with Gasteiger partial charge in [0.1, 0.15) is 0 Å². The molecular formula is C9H20O2. The Bertz CT molecular complexity index is 139. The standard InChI is InChI=1S/C9H20O2/c1-4-6-7-9(3,5-2)8(10)11/h8,10-11H,4-7H2,1-3H3/i3D,8D. The summed E-state index contributed by atoms with van der Waals surface area (Å²) in [5.41, 5.74) is -0.983. The number of unbranched alkanes of at least 4 members (excludes halogenated alkanes) is 1. The molecule has 0 radical (unpaired) electrons. The Labute approximate surface area is 72.1 Å². The van der Waals surface area contributed by atoms with Crippen LogP contribution in [0.5, 0.6) is 0 Å². The van der Waals surface area contributed by atoms with Crippen LogP contribution in [0.25, 0.3) is 0 Å². The molecule has 0 heterocycles. The number of hydrogen-bond donors (Lipinski definition) is 2. The van der Waals surface area contributed by atoms with E-state index in [4.69, 9.17) is 2.74 Å². The molecule has 1 atom stereocenters. The van der Waals surface area contributed by atoms with Crippen LogP contribution in [0.1, 0.15) is 49.2 Å². The first kappa shape index (κ1) is 7.56. The number of rotatable bonds is 5. The highest BCUT2D eigenvalue weighted by atomic mass is 16.5. The lowest BCUT2D eigenvalue weighted by molar-refractivity contribution is -0.133. The third kappa shape index (κ3) is 3.21. The lowest BCUT2D eigenvalue weighted by Gasteiger charge is -2.29. The smallest absolute Gasteiger partial charge is 0.156 e. The van der Waals surface area contributed by atoms with Crippen LogP contribution in [0.15, 0.2) is 0 Å². The van der Waals surface area contributed by atoms with Gasteiger partial charge in [-0.25, -0.2) is 0 Å². The van der Waals surface area contributed by atoms with E-state index >= 15 is 0 Å². The minimum Gasteiger partial charge on any atom is -0.368 e. The van der Waals surface area contributed by atoms with Gasteiger partial charge in [0.15, 0.2) is 6.27 Å². The van der Waals surface area contributed by atoms with Gasteiger partial charge in [-0.15, -0.1) is 0 Å². The molecule has 0 aliphatic heterocycles. The van der Waals surface area contributed by atoms with Crippen LogP contribution < -0.4 is 0 Å². The molecule has 0 saturated carbocycles. The van der Waals surface area contributed by atoms with Crippen molar-refractivity contribution in [2.75, 3.05) is 0 Å². The van der Waals surface area contributed by atoms with Gasteiger partial charge in [0.2, 0.25) is 0 Å². The minimum atomic E-state index is -2.47. The van der Waals surface area contributed by atoms with Crippen LogP contribution in [0, 0.1) is 5.41 Å². The average molecular weight is 162 g/mol. The first-order chi connectivity index (χ1) is 5.93. The largest absolute Gasteiger partial charge is 0.368 e. The van der Waals surface area contributed by atoms with Crippen molar-refractivity contribution in [2.45, 2.75) is 52.7 Å². The highest BCUT2D eigenvalue weighted by Crippen LogP contribution is 2.30. The zero-order valence-electron chi connectivity index (χ0n) is 9.43. The van der Waals surface area contributed by atoms with Crippen LogP contribution >= 0.6 is 0 Å². The topological polar surface area (TPSA) is 40.5 Å². The monoisotopic (exact) mass is 162 g/mol.